The van der Waals surface area contributed by atoms with E-state index in [2.05, 4.69) is 20.4 Å². The minimum absolute atomic E-state index is 0.178. The summed E-state index contributed by atoms with van der Waals surface area (Å²) in [7, 11) is 0. The SMILES string of the molecule is O=C(CCc1nc(-c2ccco2)no1)Nc1nc2ccc(Cl)cc2s1. The zero-order valence-corrected chi connectivity index (χ0v) is 14.3. The number of thiazole rings is 1. The van der Waals surface area contributed by atoms with Crippen LogP contribution in [0.1, 0.15) is 12.3 Å². The highest BCUT2D eigenvalue weighted by atomic mass is 35.5. The Morgan fingerprint density at radius 1 is 1.28 bits per heavy atom. The minimum atomic E-state index is -0.178. The summed E-state index contributed by atoms with van der Waals surface area (Å²) in [5.74, 6) is 1.08. The largest absolute Gasteiger partial charge is 0.461 e. The van der Waals surface area contributed by atoms with E-state index in [0.29, 0.717) is 34.1 Å². The molecule has 0 saturated carbocycles. The number of aromatic nitrogens is 3. The van der Waals surface area contributed by atoms with E-state index < -0.39 is 0 Å². The van der Waals surface area contributed by atoms with Crippen LogP contribution in [0.2, 0.25) is 5.02 Å². The summed E-state index contributed by atoms with van der Waals surface area (Å²) in [4.78, 5) is 20.6. The quantitative estimate of drug-likeness (QED) is 0.563. The Labute approximate surface area is 150 Å². The van der Waals surface area contributed by atoms with E-state index in [1.807, 2.05) is 12.1 Å². The van der Waals surface area contributed by atoms with Crippen molar-refractivity contribution in [2.24, 2.45) is 0 Å². The second-order valence-corrected chi connectivity index (χ2v) is 6.64. The third-order valence-corrected chi connectivity index (χ3v) is 4.54. The van der Waals surface area contributed by atoms with Gasteiger partial charge < -0.3 is 14.3 Å². The lowest BCUT2D eigenvalue weighted by Crippen LogP contribution is -2.12. The van der Waals surface area contributed by atoms with Crippen molar-refractivity contribution in [3.8, 4) is 11.6 Å². The molecule has 0 unspecified atom stereocenters. The van der Waals surface area contributed by atoms with Gasteiger partial charge in [-0.1, -0.05) is 28.1 Å². The van der Waals surface area contributed by atoms with E-state index in [1.165, 1.54) is 17.6 Å². The normalized spacial score (nSPS) is 11.1. The predicted octanol–water partition coefficient (Wildman–Crippen LogP) is 4.16. The second-order valence-electron chi connectivity index (χ2n) is 5.17. The summed E-state index contributed by atoms with van der Waals surface area (Å²) in [6, 6.07) is 8.88. The molecule has 0 atom stereocenters. The van der Waals surface area contributed by atoms with Crippen LogP contribution in [0.5, 0.6) is 0 Å². The van der Waals surface area contributed by atoms with Gasteiger partial charge in [0.2, 0.25) is 17.6 Å². The highest BCUT2D eigenvalue weighted by Crippen LogP contribution is 2.28. The van der Waals surface area contributed by atoms with E-state index in [-0.39, 0.29) is 12.3 Å². The van der Waals surface area contributed by atoms with Crippen molar-refractivity contribution >= 4 is 44.2 Å². The van der Waals surface area contributed by atoms with Crippen LogP contribution in [0, 0.1) is 0 Å². The number of amides is 1. The Kier molecular flexibility index (Phi) is 4.21. The number of carbonyl (C=O) groups is 1. The van der Waals surface area contributed by atoms with Crippen molar-refractivity contribution in [3.05, 3.63) is 47.5 Å². The van der Waals surface area contributed by atoms with Gasteiger partial charge in [0.15, 0.2) is 10.9 Å². The predicted molar refractivity (Wildman–Crippen MR) is 93.6 cm³/mol. The molecule has 0 radical (unpaired) electrons. The lowest BCUT2D eigenvalue weighted by Gasteiger charge is -1.98. The highest BCUT2D eigenvalue weighted by Gasteiger charge is 2.13. The number of nitrogens with one attached hydrogen (secondary N) is 1. The summed E-state index contributed by atoms with van der Waals surface area (Å²) in [5, 5.41) is 7.76. The van der Waals surface area contributed by atoms with E-state index in [1.54, 1.807) is 18.2 Å². The topological polar surface area (TPSA) is 94.0 Å². The molecule has 4 aromatic rings. The van der Waals surface area contributed by atoms with Gasteiger partial charge in [-0.25, -0.2) is 4.98 Å². The number of aryl methyl sites for hydroxylation is 1. The number of furan rings is 1. The van der Waals surface area contributed by atoms with E-state index in [9.17, 15) is 4.79 Å². The number of hydrogen-bond donors (Lipinski definition) is 1. The maximum Gasteiger partial charge on any atom is 0.238 e. The number of hydrogen-bond acceptors (Lipinski definition) is 7. The fraction of sp³-hybridized carbons (Fsp3) is 0.125. The Bertz CT molecular complexity index is 1030. The maximum atomic E-state index is 12.1. The third-order valence-electron chi connectivity index (χ3n) is 3.37. The first-order chi connectivity index (χ1) is 12.2. The van der Waals surface area contributed by atoms with Crippen LogP contribution in [0.3, 0.4) is 0 Å². The molecule has 0 aliphatic rings. The Morgan fingerprint density at radius 2 is 2.20 bits per heavy atom. The Balaban J connectivity index is 1.37. The summed E-state index contributed by atoms with van der Waals surface area (Å²) in [6.07, 6.45) is 2.07. The average molecular weight is 375 g/mol. The van der Waals surface area contributed by atoms with Gasteiger partial charge >= 0.3 is 0 Å². The number of carbonyl (C=O) groups excluding carboxylic acids is 1. The number of fused-ring (bicyclic) bond motifs is 1. The molecular formula is C16H11ClN4O3S. The van der Waals surface area contributed by atoms with Gasteiger partial charge in [0.1, 0.15) is 0 Å². The zero-order valence-electron chi connectivity index (χ0n) is 12.7. The molecule has 0 saturated heterocycles. The molecule has 9 heteroatoms. The molecule has 25 heavy (non-hydrogen) atoms. The van der Waals surface area contributed by atoms with E-state index in [0.717, 1.165) is 10.2 Å². The second kappa shape index (κ2) is 6.66. The molecule has 0 aliphatic carbocycles. The molecule has 3 aromatic heterocycles. The molecular weight excluding hydrogens is 364 g/mol. The summed E-state index contributed by atoms with van der Waals surface area (Å²) >= 11 is 7.32. The first kappa shape index (κ1) is 15.8. The first-order valence-corrected chi connectivity index (χ1v) is 8.59. The van der Waals surface area contributed by atoms with Crippen molar-refractivity contribution in [2.75, 3.05) is 5.32 Å². The highest BCUT2D eigenvalue weighted by molar-refractivity contribution is 7.22. The van der Waals surface area contributed by atoms with Crippen LogP contribution in [0.25, 0.3) is 21.8 Å². The molecule has 126 valence electrons. The van der Waals surface area contributed by atoms with Gasteiger partial charge in [-0.15, -0.1) is 0 Å². The number of rotatable bonds is 5. The molecule has 3 heterocycles. The molecule has 1 N–H and O–H groups in total. The van der Waals surface area contributed by atoms with Crippen molar-refractivity contribution in [2.45, 2.75) is 12.8 Å². The lowest BCUT2D eigenvalue weighted by molar-refractivity contribution is -0.116. The summed E-state index contributed by atoms with van der Waals surface area (Å²) < 4.78 is 11.2. The number of benzene rings is 1. The van der Waals surface area contributed by atoms with Gasteiger partial charge in [0, 0.05) is 17.9 Å². The third kappa shape index (κ3) is 3.54. The Hall–Kier alpha value is -2.71. The fourth-order valence-corrected chi connectivity index (χ4v) is 3.37. The molecule has 1 amide bonds. The van der Waals surface area contributed by atoms with Crippen LogP contribution >= 0.6 is 22.9 Å². The molecule has 0 aliphatic heterocycles. The lowest BCUT2D eigenvalue weighted by atomic mass is 10.3. The van der Waals surface area contributed by atoms with Gasteiger partial charge in [0.05, 0.1) is 16.5 Å². The van der Waals surface area contributed by atoms with Crippen LogP contribution in [-0.4, -0.2) is 21.0 Å². The average Bonchev–Trinajstić information content (AvgIpc) is 3.32. The van der Waals surface area contributed by atoms with Gasteiger partial charge in [-0.2, -0.15) is 4.98 Å². The minimum Gasteiger partial charge on any atom is -0.461 e. The van der Waals surface area contributed by atoms with Crippen LogP contribution in [0.4, 0.5) is 5.13 Å². The van der Waals surface area contributed by atoms with Crippen LogP contribution in [-0.2, 0) is 11.2 Å². The van der Waals surface area contributed by atoms with E-state index >= 15 is 0 Å². The molecule has 0 spiro atoms. The van der Waals surface area contributed by atoms with E-state index in [4.69, 9.17) is 20.5 Å². The molecule has 4 rings (SSSR count). The fourth-order valence-electron chi connectivity index (χ4n) is 2.22. The summed E-state index contributed by atoms with van der Waals surface area (Å²) in [6.45, 7) is 0. The van der Waals surface area contributed by atoms with Crippen molar-refractivity contribution in [1.29, 1.82) is 0 Å². The van der Waals surface area contributed by atoms with Gasteiger partial charge in [-0.05, 0) is 30.3 Å². The first-order valence-electron chi connectivity index (χ1n) is 7.40. The van der Waals surface area contributed by atoms with Crippen molar-refractivity contribution in [3.63, 3.8) is 0 Å². The monoisotopic (exact) mass is 374 g/mol. The van der Waals surface area contributed by atoms with Crippen LogP contribution < -0.4 is 5.32 Å². The zero-order chi connectivity index (χ0) is 17.2. The molecule has 1 aromatic carbocycles. The smallest absolute Gasteiger partial charge is 0.238 e. The standard InChI is InChI=1S/C16H11ClN4O3S/c17-9-3-4-10-12(8-9)25-16(18-10)19-13(22)5-6-14-20-15(21-24-14)11-2-1-7-23-11/h1-4,7-8H,5-6H2,(H,18,19,22). The number of anilines is 1. The van der Waals surface area contributed by atoms with Gasteiger partial charge in [0.25, 0.3) is 0 Å². The number of nitrogens with zero attached hydrogens (tertiary/aromatic N) is 3. The van der Waals surface area contributed by atoms with Gasteiger partial charge in [-0.3, -0.25) is 4.79 Å². The number of halogens is 1. The molecule has 7 nitrogen and oxygen atoms in total. The maximum absolute atomic E-state index is 12.1. The molecule has 0 fully saturated rings. The van der Waals surface area contributed by atoms with Crippen LogP contribution in [0.15, 0.2) is 45.5 Å². The Morgan fingerprint density at radius 3 is 3.04 bits per heavy atom. The molecule has 0 bridgehead atoms. The van der Waals surface area contributed by atoms with Crippen molar-refractivity contribution < 1.29 is 13.7 Å². The summed E-state index contributed by atoms with van der Waals surface area (Å²) in [5.41, 5.74) is 0.796. The van der Waals surface area contributed by atoms with Crippen molar-refractivity contribution in [1.82, 2.24) is 15.1 Å².